The Bertz CT molecular complexity index is 890. The zero-order valence-corrected chi connectivity index (χ0v) is 14.6. The fourth-order valence-electron chi connectivity index (χ4n) is 2.66. The van der Waals surface area contributed by atoms with Gasteiger partial charge in [0.25, 0.3) is 5.91 Å². The Kier molecular flexibility index (Phi) is 5.31. The number of halogens is 1. The Morgan fingerprint density at radius 1 is 1.27 bits per heavy atom. The van der Waals surface area contributed by atoms with Crippen molar-refractivity contribution in [3.05, 3.63) is 83.7 Å². The van der Waals surface area contributed by atoms with E-state index in [1.165, 1.54) is 12.1 Å². The minimum absolute atomic E-state index is 0.119. The summed E-state index contributed by atoms with van der Waals surface area (Å²) in [5, 5.41) is 2.91. The number of hydrogen-bond donors (Lipinski definition) is 1. The third-order valence-corrected chi connectivity index (χ3v) is 3.98. The molecule has 0 saturated heterocycles. The van der Waals surface area contributed by atoms with Gasteiger partial charge < -0.3 is 14.6 Å². The van der Waals surface area contributed by atoms with E-state index in [9.17, 15) is 9.18 Å². The number of rotatable bonds is 6. The highest BCUT2D eigenvalue weighted by Crippen LogP contribution is 2.21. The van der Waals surface area contributed by atoms with Crippen LogP contribution in [0.1, 0.15) is 23.0 Å². The molecule has 0 unspecified atom stereocenters. The van der Waals surface area contributed by atoms with Crippen molar-refractivity contribution in [1.82, 2.24) is 14.9 Å². The van der Waals surface area contributed by atoms with E-state index >= 15 is 0 Å². The number of benzene rings is 2. The van der Waals surface area contributed by atoms with Crippen molar-refractivity contribution in [2.45, 2.75) is 13.0 Å². The maximum absolute atomic E-state index is 13.2. The second kappa shape index (κ2) is 7.82. The number of nitrogens with zero attached hydrogens (tertiary/aromatic N) is 2. The SMILES string of the molecule is Cc1cccc(OCC(=O)N[C@H](c2ccc(F)cc2)c2nccn2C)c1. The van der Waals surface area contributed by atoms with Crippen LogP contribution in [0.25, 0.3) is 0 Å². The van der Waals surface area contributed by atoms with Crippen LogP contribution in [-0.4, -0.2) is 22.1 Å². The molecule has 1 amide bonds. The van der Waals surface area contributed by atoms with Crippen LogP contribution in [0, 0.1) is 12.7 Å². The molecule has 0 bridgehead atoms. The third-order valence-electron chi connectivity index (χ3n) is 3.98. The topological polar surface area (TPSA) is 56.1 Å². The molecule has 134 valence electrons. The van der Waals surface area contributed by atoms with Crippen molar-refractivity contribution in [3.8, 4) is 5.75 Å². The molecule has 1 N–H and O–H groups in total. The maximum atomic E-state index is 13.2. The average Bonchev–Trinajstić information content (AvgIpc) is 3.05. The summed E-state index contributed by atoms with van der Waals surface area (Å²) < 4.78 is 20.6. The van der Waals surface area contributed by atoms with Gasteiger partial charge in [-0.05, 0) is 42.3 Å². The Morgan fingerprint density at radius 2 is 2.04 bits per heavy atom. The van der Waals surface area contributed by atoms with E-state index in [-0.39, 0.29) is 18.3 Å². The van der Waals surface area contributed by atoms with Crippen molar-refractivity contribution >= 4 is 5.91 Å². The maximum Gasteiger partial charge on any atom is 0.258 e. The molecule has 2 aromatic carbocycles. The number of carbonyl (C=O) groups is 1. The van der Waals surface area contributed by atoms with Crippen LogP contribution in [0.3, 0.4) is 0 Å². The first kappa shape index (κ1) is 17.7. The molecule has 5 nitrogen and oxygen atoms in total. The molecule has 0 aliphatic heterocycles. The van der Waals surface area contributed by atoms with Gasteiger partial charge in [-0.1, -0.05) is 24.3 Å². The second-order valence-electron chi connectivity index (χ2n) is 6.05. The highest BCUT2D eigenvalue weighted by Gasteiger charge is 2.21. The number of hydrogen-bond acceptors (Lipinski definition) is 3. The average molecular weight is 353 g/mol. The normalized spacial score (nSPS) is 11.8. The molecule has 6 heteroatoms. The smallest absolute Gasteiger partial charge is 0.258 e. The van der Waals surface area contributed by atoms with E-state index in [4.69, 9.17) is 4.74 Å². The fourth-order valence-corrected chi connectivity index (χ4v) is 2.66. The second-order valence-corrected chi connectivity index (χ2v) is 6.05. The summed E-state index contributed by atoms with van der Waals surface area (Å²) in [6.07, 6.45) is 3.45. The summed E-state index contributed by atoms with van der Waals surface area (Å²) in [7, 11) is 1.84. The molecule has 26 heavy (non-hydrogen) atoms. The molecule has 1 heterocycles. The molecule has 3 rings (SSSR count). The Hall–Kier alpha value is -3.15. The first-order valence-corrected chi connectivity index (χ1v) is 8.24. The Labute approximate surface area is 151 Å². The quantitative estimate of drug-likeness (QED) is 0.741. The molecule has 1 atom stereocenters. The number of nitrogens with one attached hydrogen (secondary N) is 1. The number of ether oxygens (including phenoxy) is 1. The number of imidazole rings is 1. The lowest BCUT2D eigenvalue weighted by Gasteiger charge is -2.19. The Morgan fingerprint density at radius 3 is 2.69 bits per heavy atom. The lowest BCUT2D eigenvalue weighted by molar-refractivity contribution is -0.123. The van der Waals surface area contributed by atoms with Crippen LogP contribution >= 0.6 is 0 Å². The third kappa shape index (κ3) is 4.27. The molecule has 0 radical (unpaired) electrons. The van der Waals surface area contributed by atoms with Crippen LogP contribution in [-0.2, 0) is 11.8 Å². The standard InChI is InChI=1S/C20H20FN3O2/c1-14-4-3-5-17(12-14)26-13-18(25)23-19(20-22-10-11-24(20)2)15-6-8-16(21)9-7-15/h3-12,19H,13H2,1-2H3,(H,23,25)/t19-/m1/s1. The van der Waals surface area contributed by atoms with Crippen molar-refractivity contribution in [2.75, 3.05) is 6.61 Å². The summed E-state index contributed by atoms with van der Waals surface area (Å²) >= 11 is 0. The molecule has 0 spiro atoms. The van der Waals surface area contributed by atoms with E-state index in [2.05, 4.69) is 10.3 Å². The summed E-state index contributed by atoms with van der Waals surface area (Å²) in [6.45, 7) is 1.84. The van der Waals surface area contributed by atoms with Crippen molar-refractivity contribution in [2.24, 2.45) is 7.05 Å². The zero-order chi connectivity index (χ0) is 18.5. The van der Waals surface area contributed by atoms with Gasteiger partial charge in [-0.15, -0.1) is 0 Å². The van der Waals surface area contributed by atoms with Crippen LogP contribution in [0.4, 0.5) is 4.39 Å². The number of amides is 1. The van der Waals surface area contributed by atoms with Gasteiger partial charge in [-0.2, -0.15) is 0 Å². The lowest BCUT2D eigenvalue weighted by atomic mass is 10.1. The van der Waals surface area contributed by atoms with E-state index in [1.54, 1.807) is 30.6 Å². The zero-order valence-electron chi connectivity index (χ0n) is 14.6. The van der Waals surface area contributed by atoms with Crippen molar-refractivity contribution < 1.29 is 13.9 Å². The minimum Gasteiger partial charge on any atom is -0.484 e. The predicted molar refractivity (Wildman–Crippen MR) is 96.3 cm³/mol. The van der Waals surface area contributed by atoms with Crippen molar-refractivity contribution in [3.63, 3.8) is 0 Å². The summed E-state index contributed by atoms with van der Waals surface area (Å²) in [5.74, 6) is 0.668. The van der Waals surface area contributed by atoms with Gasteiger partial charge >= 0.3 is 0 Å². The largest absolute Gasteiger partial charge is 0.484 e. The molecule has 0 saturated carbocycles. The molecular formula is C20H20FN3O2. The predicted octanol–water partition coefficient (Wildman–Crippen LogP) is 3.15. The minimum atomic E-state index is -0.496. The van der Waals surface area contributed by atoms with E-state index in [0.29, 0.717) is 11.6 Å². The Balaban J connectivity index is 1.74. The molecule has 0 fully saturated rings. The van der Waals surface area contributed by atoms with E-state index < -0.39 is 6.04 Å². The first-order valence-electron chi connectivity index (χ1n) is 8.24. The van der Waals surface area contributed by atoms with Gasteiger partial charge in [0.15, 0.2) is 6.61 Å². The number of aromatic nitrogens is 2. The summed E-state index contributed by atoms with van der Waals surface area (Å²) in [5.41, 5.74) is 1.80. The lowest BCUT2D eigenvalue weighted by Crippen LogP contribution is -2.34. The van der Waals surface area contributed by atoms with Crippen LogP contribution in [0.5, 0.6) is 5.75 Å². The van der Waals surface area contributed by atoms with E-state index in [1.807, 2.05) is 36.7 Å². The van der Waals surface area contributed by atoms with Crippen LogP contribution in [0.15, 0.2) is 60.9 Å². The van der Waals surface area contributed by atoms with Gasteiger partial charge in [0.1, 0.15) is 23.4 Å². The van der Waals surface area contributed by atoms with Gasteiger partial charge in [0, 0.05) is 19.4 Å². The summed E-state index contributed by atoms with van der Waals surface area (Å²) in [6, 6.07) is 13.0. The highest BCUT2D eigenvalue weighted by molar-refractivity contribution is 5.78. The van der Waals surface area contributed by atoms with Crippen LogP contribution in [0.2, 0.25) is 0 Å². The van der Waals surface area contributed by atoms with E-state index in [0.717, 1.165) is 11.1 Å². The molecular weight excluding hydrogens is 333 g/mol. The number of carbonyl (C=O) groups excluding carboxylic acids is 1. The van der Waals surface area contributed by atoms with Gasteiger partial charge in [0.2, 0.25) is 0 Å². The fraction of sp³-hybridized carbons (Fsp3) is 0.200. The van der Waals surface area contributed by atoms with Crippen molar-refractivity contribution in [1.29, 1.82) is 0 Å². The van der Waals surface area contributed by atoms with Gasteiger partial charge in [-0.3, -0.25) is 4.79 Å². The number of aryl methyl sites for hydroxylation is 2. The molecule has 0 aliphatic carbocycles. The van der Waals surface area contributed by atoms with Gasteiger partial charge in [-0.25, -0.2) is 9.37 Å². The van der Waals surface area contributed by atoms with Crippen LogP contribution < -0.4 is 10.1 Å². The van der Waals surface area contributed by atoms with Gasteiger partial charge in [0.05, 0.1) is 0 Å². The summed E-state index contributed by atoms with van der Waals surface area (Å²) in [4.78, 5) is 16.7. The molecule has 3 aromatic rings. The highest BCUT2D eigenvalue weighted by atomic mass is 19.1. The first-order chi connectivity index (χ1) is 12.5. The molecule has 1 aromatic heterocycles. The molecule has 0 aliphatic rings. The monoisotopic (exact) mass is 353 g/mol.